The van der Waals surface area contributed by atoms with Crippen LogP contribution in [-0.2, 0) is 19.1 Å². The molecule has 1 unspecified atom stereocenters. The summed E-state index contributed by atoms with van der Waals surface area (Å²) in [4.78, 5) is 29.3. The summed E-state index contributed by atoms with van der Waals surface area (Å²) < 4.78 is 9.93. The number of nitrogens with zero attached hydrogens (tertiary/aromatic N) is 1. The molecule has 1 N–H and O–H groups in total. The molecule has 0 saturated carbocycles. The second-order valence-corrected chi connectivity index (χ2v) is 6.39. The average molecular weight is 329 g/mol. The van der Waals surface area contributed by atoms with Crippen molar-refractivity contribution in [3.05, 3.63) is 12.2 Å². The average Bonchev–Trinajstić information content (AvgIpc) is 2.49. The third kappa shape index (κ3) is 6.58. The van der Waals surface area contributed by atoms with Crippen LogP contribution in [0.1, 0.15) is 46.5 Å². The molecule has 0 fully saturated rings. The van der Waals surface area contributed by atoms with E-state index in [0.29, 0.717) is 0 Å². The zero-order chi connectivity index (χ0) is 17.5. The second-order valence-electron chi connectivity index (χ2n) is 6.39. The standard InChI is InChI=1S/C16H27NO6/c1-16(2,3)22-15(20)23-17(12-8-6-5-7-9-12)13(10-11-18)14(19)21-4/h6,8,12-13,18H,5,7,9-11H2,1-4H3/t12?,13-/m1/s1. The van der Waals surface area contributed by atoms with Gasteiger partial charge in [-0.1, -0.05) is 12.2 Å². The van der Waals surface area contributed by atoms with Crippen molar-refractivity contribution >= 4 is 12.1 Å². The van der Waals surface area contributed by atoms with Crippen molar-refractivity contribution in [2.45, 2.75) is 64.1 Å². The Morgan fingerprint density at radius 3 is 2.57 bits per heavy atom. The number of hydrogen-bond donors (Lipinski definition) is 1. The van der Waals surface area contributed by atoms with E-state index in [9.17, 15) is 14.7 Å². The summed E-state index contributed by atoms with van der Waals surface area (Å²) in [5, 5.41) is 10.5. The van der Waals surface area contributed by atoms with Crippen molar-refractivity contribution in [2.24, 2.45) is 0 Å². The van der Waals surface area contributed by atoms with E-state index in [2.05, 4.69) is 0 Å². The molecule has 0 amide bonds. The molecule has 7 nitrogen and oxygen atoms in total. The molecule has 23 heavy (non-hydrogen) atoms. The van der Waals surface area contributed by atoms with E-state index >= 15 is 0 Å². The highest BCUT2D eigenvalue weighted by molar-refractivity contribution is 5.75. The SMILES string of the molecule is COC(=O)[C@@H](CCO)N(OC(=O)OC(C)(C)C)C1C=CCCC1. The smallest absolute Gasteiger partial charge is 0.468 e. The molecule has 0 spiro atoms. The van der Waals surface area contributed by atoms with Gasteiger partial charge in [-0.05, 0) is 40.0 Å². The van der Waals surface area contributed by atoms with Crippen LogP contribution in [0.15, 0.2) is 12.2 Å². The molecule has 7 heteroatoms. The van der Waals surface area contributed by atoms with Gasteiger partial charge in [0, 0.05) is 13.0 Å². The molecule has 1 rings (SSSR count). The van der Waals surface area contributed by atoms with Crippen LogP contribution in [-0.4, -0.2) is 53.7 Å². The van der Waals surface area contributed by atoms with Crippen LogP contribution in [0.3, 0.4) is 0 Å². The summed E-state index contributed by atoms with van der Waals surface area (Å²) in [5.74, 6) is -0.568. The van der Waals surface area contributed by atoms with Gasteiger partial charge in [0.1, 0.15) is 11.6 Å². The quantitative estimate of drug-likeness (QED) is 0.454. The van der Waals surface area contributed by atoms with Gasteiger partial charge in [0.05, 0.1) is 13.2 Å². The van der Waals surface area contributed by atoms with Gasteiger partial charge in [-0.3, -0.25) is 4.79 Å². The topological polar surface area (TPSA) is 85.3 Å². The van der Waals surface area contributed by atoms with Crippen molar-refractivity contribution in [2.75, 3.05) is 13.7 Å². The molecule has 0 aromatic rings. The number of methoxy groups -OCH3 is 1. The first-order chi connectivity index (χ1) is 10.8. The van der Waals surface area contributed by atoms with E-state index in [1.807, 2.05) is 12.2 Å². The van der Waals surface area contributed by atoms with Crippen LogP contribution < -0.4 is 0 Å². The molecule has 2 atom stereocenters. The number of carbonyl (C=O) groups excluding carboxylic acids is 2. The fourth-order valence-corrected chi connectivity index (χ4v) is 2.33. The molecule has 0 radical (unpaired) electrons. The van der Waals surface area contributed by atoms with Crippen molar-refractivity contribution < 1.29 is 29.0 Å². The molecule has 0 aromatic heterocycles. The van der Waals surface area contributed by atoms with Crippen LogP contribution >= 0.6 is 0 Å². The molecule has 0 aliphatic heterocycles. The highest BCUT2D eigenvalue weighted by Gasteiger charge is 2.36. The molecular formula is C16H27NO6. The molecule has 0 bridgehead atoms. The van der Waals surface area contributed by atoms with Crippen molar-refractivity contribution in [3.8, 4) is 0 Å². The first-order valence-electron chi connectivity index (χ1n) is 7.83. The van der Waals surface area contributed by atoms with E-state index in [4.69, 9.17) is 14.3 Å². The van der Waals surface area contributed by atoms with Crippen LogP contribution in [0.2, 0.25) is 0 Å². The number of allylic oxidation sites excluding steroid dienone is 1. The summed E-state index contributed by atoms with van der Waals surface area (Å²) in [7, 11) is 1.26. The lowest BCUT2D eigenvalue weighted by Gasteiger charge is -2.34. The summed E-state index contributed by atoms with van der Waals surface area (Å²) in [6, 6.07) is -1.14. The first kappa shape index (κ1) is 19.4. The van der Waals surface area contributed by atoms with E-state index in [0.717, 1.165) is 19.3 Å². The molecule has 0 saturated heterocycles. The Bertz CT molecular complexity index is 429. The molecule has 132 valence electrons. The maximum atomic E-state index is 12.0. The number of rotatable bonds is 6. The maximum absolute atomic E-state index is 12.0. The largest absolute Gasteiger partial charge is 0.528 e. The number of aliphatic hydroxyl groups is 1. The monoisotopic (exact) mass is 329 g/mol. The van der Waals surface area contributed by atoms with E-state index in [1.165, 1.54) is 12.2 Å². The van der Waals surface area contributed by atoms with Gasteiger partial charge >= 0.3 is 12.1 Å². The molecule has 0 aromatic carbocycles. The molecule has 1 aliphatic rings. The number of hydrogen-bond acceptors (Lipinski definition) is 7. The third-order valence-corrected chi connectivity index (χ3v) is 3.31. The Kier molecular flexibility index (Phi) is 7.51. The predicted octanol–water partition coefficient (Wildman–Crippen LogP) is 2.19. The van der Waals surface area contributed by atoms with Gasteiger partial charge in [0.15, 0.2) is 0 Å². The minimum Gasteiger partial charge on any atom is -0.468 e. The van der Waals surface area contributed by atoms with Gasteiger partial charge in [-0.15, -0.1) is 5.06 Å². The number of hydroxylamine groups is 2. The predicted molar refractivity (Wildman–Crippen MR) is 83.4 cm³/mol. The number of aliphatic hydroxyl groups excluding tert-OH is 1. The summed E-state index contributed by atoms with van der Waals surface area (Å²) >= 11 is 0. The number of esters is 1. The molecule has 0 heterocycles. The Labute approximate surface area is 137 Å². The van der Waals surface area contributed by atoms with Crippen LogP contribution in [0, 0.1) is 0 Å². The lowest BCUT2D eigenvalue weighted by atomic mass is 10.0. The maximum Gasteiger partial charge on any atom is 0.528 e. The zero-order valence-corrected chi connectivity index (χ0v) is 14.3. The lowest BCUT2D eigenvalue weighted by Crippen LogP contribution is -2.49. The van der Waals surface area contributed by atoms with Crippen LogP contribution in [0.25, 0.3) is 0 Å². The highest BCUT2D eigenvalue weighted by Crippen LogP contribution is 2.22. The number of carbonyl (C=O) groups is 2. The second kappa shape index (κ2) is 8.88. The van der Waals surface area contributed by atoms with Gasteiger partial charge in [-0.2, -0.15) is 0 Å². The van der Waals surface area contributed by atoms with Crippen molar-refractivity contribution in [3.63, 3.8) is 0 Å². The van der Waals surface area contributed by atoms with E-state index in [1.54, 1.807) is 20.8 Å². The van der Waals surface area contributed by atoms with E-state index < -0.39 is 23.8 Å². The van der Waals surface area contributed by atoms with Gasteiger partial charge < -0.3 is 19.4 Å². The fourth-order valence-electron chi connectivity index (χ4n) is 2.33. The summed E-state index contributed by atoms with van der Waals surface area (Å²) in [5.41, 5.74) is -0.705. The van der Waals surface area contributed by atoms with Gasteiger partial charge in [-0.25, -0.2) is 4.79 Å². The first-order valence-corrected chi connectivity index (χ1v) is 7.83. The molecule has 1 aliphatic carbocycles. The van der Waals surface area contributed by atoms with Crippen LogP contribution in [0.4, 0.5) is 4.79 Å². The van der Waals surface area contributed by atoms with Gasteiger partial charge in [0.25, 0.3) is 0 Å². The Hall–Kier alpha value is -1.60. The lowest BCUT2D eigenvalue weighted by molar-refractivity contribution is -0.199. The Morgan fingerprint density at radius 1 is 1.39 bits per heavy atom. The summed E-state index contributed by atoms with van der Waals surface area (Å²) in [6.45, 7) is 4.95. The normalized spacial score (nSPS) is 19.3. The minimum atomic E-state index is -0.886. The molecular weight excluding hydrogens is 302 g/mol. The third-order valence-electron chi connectivity index (χ3n) is 3.31. The zero-order valence-electron chi connectivity index (χ0n) is 14.3. The highest BCUT2D eigenvalue weighted by atomic mass is 16.8. The summed E-state index contributed by atoms with van der Waals surface area (Å²) in [6.07, 6.45) is 5.68. The minimum absolute atomic E-state index is 0.0970. The number of ether oxygens (including phenoxy) is 2. The van der Waals surface area contributed by atoms with E-state index in [-0.39, 0.29) is 19.1 Å². The fraction of sp³-hybridized carbons (Fsp3) is 0.750. The Balaban J connectivity index is 2.94. The van der Waals surface area contributed by atoms with Crippen LogP contribution in [0.5, 0.6) is 0 Å². The van der Waals surface area contributed by atoms with Crippen molar-refractivity contribution in [1.82, 2.24) is 5.06 Å². The van der Waals surface area contributed by atoms with Gasteiger partial charge in [0.2, 0.25) is 0 Å². The van der Waals surface area contributed by atoms with Crippen molar-refractivity contribution in [1.29, 1.82) is 0 Å². The Morgan fingerprint density at radius 2 is 2.09 bits per heavy atom.